The van der Waals surface area contributed by atoms with Gasteiger partial charge in [-0.3, -0.25) is 0 Å². The summed E-state index contributed by atoms with van der Waals surface area (Å²) >= 11 is 0. The van der Waals surface area contributed by atoms with Crippen molar-refractivity contribution in [3.05, 3.63) is 23.3 Å². The fraction of sp³-hybridized carbons (Fsp3) is 0.760. The topological polar surface area (TPSA) is 97.9 Å². The third-order valence-corrected chi connectivity index (χ3v) is 7.43. The molecule has 0 aromatic rings. The number of carbonyl (C=O) groups is 2. The number of rotatable bonds is 6. The average Bonchev–Trinajstić information content (AvgIpc) is 3.62. The van der Waals surface area contributed by atoms with Gasteiger partial charge in [-0.1, -0.05) is 12.2 Å². The molecule has 0 unspecified atom stereocenters. The van der Waals surface area contributed by atoms with Crippen molar-refractivity contribution in [2.24, 2.45) is 5.92 Å². The van der Waals surface area contributed by atoms with Gasteiger partial charge >= 0.3 is 11.9 Å². The van der Waals surface area contributed by atoms with Crippen LogP contribution in [0.1, 0.15) is 74.1 Å². The van der Waals surface area contributed by atoms with Crippen LogP contribution in [-0.2, 0) is 28.5 Å². The van der Waals surface area contributed by atoms with Crippen LogP contribution < -0.4 is 0 Å². The molecule has 3 fully saturated rings. The first-order valence-electron chi connectivity index (χ1n) is 11.6. The van der Waals surface area contributed by atoms with Gasteiger partial charge in [-0.15, -0.1) is 0 Å². The monoisotopic (exact) mass is 450 g/mol. The van der Waals surface area contributed by atoms with E-state index in [4.69, 9.17) is 18.9 Å². The lowest BCUT2D eigenvalue weighted by Crippen LogP contribution is -2.47. The Morgan fingerprint density at radius 2 is 1.69 bits per heavy atom. The SMILES string of the molecule is C/C=C(/C)C(=O)OC[C@@]12CC[C@@H](C(C)(C)O)[C@@H](OC(=O)/C(C)=C\C)[C@@H]3O[C@]3(C)CC[C@H]1O2. The summed E-state index contributed by atoms with van der Waals surface area (Å²) in [5.41, 5.74) is -1.04. The second-order valence-electron chi connectivity index (χ2n) is 10.2. The molecule has 6 atom stereocenters. The number of allylic oxidation sites excluding steroid dienone is 2. The third kappa shape index (κ3) is 5.10. The Kier molecular flexibility index (Phi) is 6.95. The molecule has 0 spiro atoms. The van der Waals surface area contributed by atoms with Crippen LogP contribution in [0.4, 0.5) is 0 Å². The molecule has 1 aliphatic carbocycles. The molecule has 2 saturated heterocycles. The minimum Gasteiger partial charge on any atom is -0.459 e. The summed E-state index contributed by atoms with van der Waals surface area (Å²) in [5.74, 6) is -1.11. The number of fused-ring (bicyclic) bond motifs is 2. The highest BCUT2D eigenvalue weighted by molar-refractivity contribution is 5.88. The van der Waals surface area contributed by atoms with Gasteiger partial charge < -0.3 is 24.1 Å². The minimum absolute atomic E-state index is 0.0188. The Bertz CT molecular complexity index is 808. The summed E-state index contributed by atoms with van der Waals surface area (Å²) in [4.78, 5) is 24.8. The van der Waals surface area contributed by atoms with Gasteiger partial charge in [0.2, 0.25) is 0 Å². The van der Waals surface area contributed by atoms with Gasteiger partial charge in [-0.05, 0) is 74.1 Å². The number of esters is 2. The largest absolute Gasteiger partial charge is 0.459 e. The van der Waals surface area contributed by atoms with Gasteiger partial charge in [0.25, 0.3) is 0 Å². The molecule has 7 nitrogen and oxygen atoms in total. The fourth-order valence-electron chi connectivity index (χ4n) is 4.71. The molecular weight excluding hydrogens is 412 g/mol. The Morgan fingerprint density at radius 1 is 1.06 bits per heavy atom. The maximum atomic E-state index is 12.6. The van der Waals surface area contributed by atoms with E-state index in [1.807, 2.05) is 6.92 Å². The van der Waals surface area contributed by atoms with Crippen molar-refractivity contribution in [2.45, 2.75) is 109 Å². The minimum atomic E-state index is -1.11. The predicted octanol–water partition coefficient (Wildman–Crippen LogP) is 3.63. The standard InChI is InChI=1S/C25H38O7/c1-8-15(3)21(26)29-14-25-13-10-17(23(5,6)28)19(30-22(27)16(4)9-2)20-24(7,32-20)12-11-18(25)31-25/h8-9,17-20,28H,10-14H2,1-7H3/b15-8-,16-9-/t17-,18-,19-,20+,24-,25+/m1/s1. The second-order valence-corrected chi connectivity index (χ2v) is 10.2. The maximum absolute atomic E-state index is 12.6. The Labute approximate surface area is 191 Å². The average molecular weight is 451 g/mol. The fourth-order valence-corrected chi connectivity index (χ4v) is 4.71. The Hall–Kier alpha value is -1.70. The first kappa shape index (κ1) is 24.9. The third-order valence-electron chi connectivity index (χ3n) is 7.43. The smallest absolute Gasteiger partial charge is 0.333 e. The van der Waals surface area contributed by atoms with Crippen LogP contribution in [0.25, 0.3) is 0 Å². The molecule has 180 valence electrons. The van der Waals surface area contributed by atoms with Gasteiger partial charge in [0, 0.05) is 17.1 Å². The molecule has 2 aliphatic heterocycles. The zero-order valence-corrected chi connectivity index (χ0v) is 20.4. The Balaban J connectivity index is 1.82. The molecule has 2 heterocycles. The molecule has 7 heteroatoms. The molecule has 3 rings (SSSR count). The van der Waals surface area contributed by atoms with Crippen molar-refractivity contribution in [1.29, 1.82) is 0 Å². The number of aliphatic hydroxyl groups is 1. The van der Waals surface area contributed by atoms with Crippen molar-refractivity contribution < 1.29 is 33.6 Å². The first-order chi connectivity index (χ1) is 14.9. The number of hydrogen-bond donors (Lipinski definition) is 1. The number of carbonyl (C=O) groups excluding carboxylic acids is 2. The molecule has 1 saturated carbocycles. The van der Waals surface area contributed by atoms with Crippen LogP contribution in [0, 0.1) is 5.92 Å². The zero-order chi connectivity index (χ0) is 23.9. The van der Waals surface area contributed by atoms with Crippen molar-refractivity contribution in [3.63, 3.8) is 0 Å². The molecule has 32 heavy (non-hydrogen) atoms. The van der Waals surface area contributed by atoms with Crippen LogP contribution in [-0.4, -0.2) is 58.8 Å². The highest BCUT2D eigenvalue weighted by Crippen LogP contribution is 2.53. The molecule has 0 aromatic heterocycles. The normalized spacial score (nSPS) is 37.6. The number of epoxide rings is 2. The Morgan fingerprint density at radius 3 is 2.28 bits per heavy atom. The molecule has 3 aliphatic rings. The summed E-state index contributed by atoms with van der Waals surface area (Å²) in [7, 11) is 0. The highest BCUT2D eigenvalue weighted by Gasteiger charge is 2.65. The van der Waals surface area contributed by atoms with Gasteiger partial charge in [0.15, 0.2) is 0 Å². The van der Waals surface area contributed by atoms with E-state index >= 15 is 0 Å². The molecule has 1 N–H and O–H groups in total. The molecule has 0 radical (unpaired) electrons. The highest BCUT2D eigenvalue weighted by atomic mass is 16.7. The lowest BCUT2D eigenvalue weighted by atomic mass is 9.76. The number of ether oxygens (including phenoxy) is 4. The van der Waals surface area contributed by atoms with E-state index in [9.17, 15) is 14.7 Å². The molecular formula is C25H38O7. The van der Waals surface area contributed by atoms with Gasteiger partial charge in [0.1, 0.15) is 24.4 Å². The first-order valence-corrected chi connectivity index (χ1v) is 11.6. The molecule has 0 bridgehead atoms. The van der Waals surface area contributed by atoms with Gasteiger partial charge in [0.05, 0.1) is 17.3 Å². The van der Waals surface area contributed by atoms with E-state index in [2.05, 4.69) is 0 Å². The van der Waals surface area contributed by atoms with Crippen molar-refractivity contribution in [1.82, 2.24) is 0 Å². The van der Waals surface area contributed by atoms with Crippen LogP contribution in [0.5, 0.6) is 0 Å². The lowest BCUT2D eigenvalue weighted by molar-refractivity contribution is -0.155. The summed E-state index contributed by atoms with van der Waals surface area (Å²) in [6.07, 6.45) is 5.21. The van der Waals surface area contributed by atoms with E-state index in [1.165, 1.54) is 0 Å². The van der Waals surface area contributed by atoms with Crippen LogP contribution in [0.2, 0.25) is 0 Å². The zero-order valence-electron chi connectivity index (χ0n) is 20.4. The van der Waals surface area contributed by atoms with E-state index in [1.54, 1.807) is 53.7 Å². The number of hydrogen-bond acceptors (Lipinski definition) is 7. The van der Waals surface area contributed by atoms with E-state index < -0.39 is 28.9 Å². The van der Waals surface area contributed by atoms with Gasteiger partial charge in [-0.2, -0.15) is 0 Å². The predicted molar refractivity (Wildman–Crippen MR) is 119 cm³/mol. The van der Waals surface area contributed by atoms with Gasteiger partial charge in [-0.25, -0.2) is 9.59 Å². The van der Waals surface area contributed by atoms with E-state index in [-0.39, 0.29) is 30.7 Å². The summed E-state index contributed by atoms with van der Waals surface area (Å²) < 4.78 is 23.7. The lowest BCUT2D eigenvalue weighted by Gasteiger charge is -2.36. The van der Waals surface area contributed by atoms with E-state index in [0.29, 0.717) is 24.0 Å². The maximum Gasteiger partial charge on any atom is 0.333 e. The summed E-state index contributed by atoms with van der Waals surface area (Å²) in [6.45, 7) is 12.7. The van der Waals surface area contributed by atoms with Crippen LogP contribution in [0.15, 0.2) is 23.3 Å². The van der Waals surface area contributed by atoms with Crippen molar-refractivity contribution in [3.8, 4) is 0 Å². The van der Waals surface area contributed by atoms with Crippen molar-refractivity contribution in [2.75, 3.05) is 6.61 Å². The van der Waals surface area contributed by atoms with Crippen molar-refractivity contribution >= 4 is 11.9 Å². The van der Waals surface area contributed by atoms with Crippen LogP contribution >= 0.6 is 0 Å². The quantitative estimate of drug-likeness (QED) is 0.375. The summed E-state index contributed by atoms with van der Waals surface area (Å²) in [6, 6.07) is 0. The van der Waals surface area contributed by atoms with Crippen LogP contribution in [0.3, 0.4) is 0 Å². The molecule has 0 aromatic carbocycles. The van der Waals surface area contributed by atoms with E-state index in [0.717, 1.165) is 12.8 Å². The second kappa shape index (κ2) is 8.92. The molecule has 0 amide bonds. The summed E-state index contributed by atoms with van der Waals surface area (Å²) in [5, 5.41) is 11.0.